The molecule has 2 aromatic carbocycles. The molecule has 1 N–H and O–H groups in total. The third-order valence-electron chi connectivity index (χ3n) is 3.93. The third-order valence-corrected chi connectivity index (χ3v) is 4.81. The van der Waals surface area contributed by atoms with Gasteiger partial charge in [-0.05, 0) is 36.8 Å². The van der Waals surface area contributed by atoms with Gasteiger partial charge in [0.1, 0.15) is 28.9 Å². The zero-order chi connectivity index (χ0) is 21.0. The van der Waals surface area contributed by atoms with Crippen LogP contribution in [0.25, 0.3) is 10.6 Å². The van der Waals surface area contributed by atoms with Gasteiger partial charge in [-0.25, -0.2) is 9.37 Å². The van der Waals surface area contributed by atoms with E-state index in [9.17, 15) is 22.4 Å². The van der Waals surface area contributed by atoms with Crippen molar-refractivity contribution in [3.63, 3.8) is 0 Å². The lowest BCUT2D eigenvalue weighted by molar-refractivity contribution is -0.137. The van der Waals surface area contributed by atoms with Crippen LogP contribution in [0.3, 0.4) is 0 Å². The zero-order valence-corrected chi connectivity index (χ0v) is 16.0. The third kappa shape index (κ3) is 5.11. The molecule has 152 valence electrons. The molecule has 0 atom stereocenters. The molecule has 0 bridgehead atoms. The highest BCUT2D eigenvalue weighted by Gasteiger charge is 2.29. The number of hydrogen-bond acceptors (Lipinski definition) is 4. The molecule has 0 aliphatic carbocycles. The maximum atomic E-state index is 14.5. The highest BCUT2D eigenvalue weighted by Crippen LogP contribution is 2.30. The van der Waals surface area contributed by atoms with Gasteiger partial charge in [0.05, 0.1) is 5.56 Å². The van der Waals surface area contributed by atoms with Crippen LogP contribution >= 0.6 is 11.3 Å². The van der Waals surface area contributed by atoms with Crippen LogP contribution in [0.5, 0.6) is 5.75 Å². The lowest BCUT2D eigenvalue weighted by Crippen LogP contribution is -2.22. The number of amides is 1. The monoisotopic (exact) mass is 424 g/mol. The molecular weight excluding hydrogens is 408 g/mol. The van der Waals surface area contributed by atoms with E-state index >= 15 is 0 Å². The van der Waals surface area contributed by atoms with Crippen LogP contribution in [0.15, 0.2) is 47.8 Å². The maximum Gasteiger partial charge on any atom is 0.416 e. The number of ether oxygens (including phenoxy) is 1. The standard InChI is InChI=1S/C20H16F4N2O2S/c1-2-25-18(27)17-11-29-19(26-17)15-8-7-14(9-16(15)21)28-10-12-3-5-13(6-4-12)20(22,23)24/h3-9,11H,2,10H2,1H3,(H,25,27). The first-order valence-electron chi connectivity index (χ1n) is 8.60. The predicted molar refractivity (Wildman–Crippen MR) is 101 cm³/mol. The summed E-state index contributed by atoms with van der Waals surface area (Å²) < 4.78 is 57.7. The SMILES string of the molecule is CCNC(=O)c1csc(-c2ccc(OCc3ccc(C(F)(F)F)cc3)cc2F)n1. The molecule has 0 aliphatic rings. The van der Waals surface area contributed by atoms with Crippen molar-refractivity contribution >= 4 is 17.2 Å². The highest BCUT2D eigenvalue weighted by molar-refractivity contribution is 7.13. The van der Waals surface area contributed by atoms with Crippen molar-refractivity contribution < 1.29 is 27.1 Å². The van der Waals surface area contributed by atoms with E-state index in [2.05, 4.69) is 10.3 Å². The van der Waals surface area contributed by atoms with Crippen LogP contribution in [0.2, 0.25) is 0 Å². The van der Waals surface area contributed by atoms with Gasteiger partial charge in [-0.2, -0.15) is 13.2 Å². The quantitative estimate of drug-likeness (QED) is 0.547. The average Bonchev–Trinajstić information content (AvgIpc) is 3.16. The number of rotatable bonds is 6. The summed E-state index contributed by atoms with van der Waals surface area (Å²) in [5.74, 6) is -0.676. The molecule has 0 saturated carbocycles. The summed E-state index contributed by atoms with van der Waals surface area (Å²) in [6, 6.07) is 8.76. The molecule has 0 aliphatic heterocycles. The fraction of sp³-hybridized carbons (Fsp3) is 0.200. The van der Waals surface area contributed by atoms with Gasteiger partial charge in [0.15, 0.2) is 0 Å². The van der Waals surface area contributed by atoms with Crippen molar-refractivity contribution in [2.45, 2.75) is 19.7 Å². The number of halogens is 4. The van der Waals surface area contributed by atoms with Gasteiger partial charge >= 0.3 is 6.18 Å². The Kier molecular flexibility index (Phi) is 6.17. The van der Waals surface area contributed by atoms with E-state index in [-0.39, 0.29) is 29.5 Å². The zero-order valence-electron chi connectivity index (χ0n) is 15.2. The van der Waals surface area contributed by atoms with E-state index in [0.717, 1.165) is 23.5 Å². The van der Waals surface area contributed by atoms with Crippen LogP contribution in [0, 0.1) is 5.82 Å². The number of nitrogens with one attached hydrogen (secondary N) is 1. The molecule has 1 heterocycles. The van der Waals surface area contributed by atoms with Crippen molar-refractivity contribution in [2.24, 2.45) is 0 Å². The minimum atomic E-state index is -4.40. The highest BCUT2D eigenvalue weighted by atomic mass is 32.1. The molecular formula is C20H16F4N2O2S. The number of nitrogens with zero attached hydrogens (tertiary/aromatic N) is 1. The number of alkyl halides is 3. The second-order valence-electron chi connectivity index (χ2n) is 6.02. The van der Waals surface area contributed by atoms with Gasteiger partial charge in [0, 0.05) is 23.6 Å². The Bertz CT molecular complexity index is 1000. The number of thiazole rings is 1. The second-order valence-corrected chi connectivity index (χ2v) is 6.88. The summed E-state index contributed by atoms with van der Waals surface area (Å²) in [7, 11) is 0. The van der Waals surface area contributed by atoms with E-state index in [0.29, 0.717) is 17.1 Å². The van der Waals surface area contributed by atoms with Crippen molar-refractivity contribution in [3.8, 4) is 16.3 Å². The largest absolute Gasteiger partial charge is 0.489 e. The Labute approximate surface area is 168 Å². The van der Waals surface area contributed by atoms with E-state index in [1.165, 1.54) is 30.3 Å². The van der Waals surface area contributed by atoms with Gasteiger partial charge in [0.2, 0.25) is 0 Å². The first kappa shape index (κ1) is 20.8. The fourth-order valence-electron chi connectivity index (χ4n) is 2.47. The second kappa shape index (κ2) is 8.60. The summed E-state index contributed by atoms with van der Waals surface area (Å²) in [6.45, 7) is 2.24. The summed E-state index contributed by atoms with van der Waals surface area (Å²) in [5.41, 5.74) is 0.224. The normalized spacial score (nSPS) is 11.3. The number of carbonyl (C=O) groups is 1. The molecule has 0 spiro atoms. The molecule has 3 aromatic rings. The van der Waals surface area contributed by atoms with Crippen molar-refractivity contribution in [2.75, 3.05) is 6.54 Å². The predicted octanol–water partition coefficient (Wildman–Crippen LogP) is 5.30. The van der Waals surface area contributed by atoms with Gasteiger partial charge in [-0.3, -0.25) is 4.79 Å². The minimum Gasteiger partial charge on any atom is -0.489 e. The van der Waals surface area contributed by atoms with E-state index in [1.54, 1.807) is 12.3 Å². The van der Waals surface area contributed by atoms with Gasteiger partial charge < -0.3 is 10.1 Å². The Morgan fingerprint density at radius 3 is 2.52 bits per heavy atom. The summed E-state index contributed by atoms with van der Waals surface area (Å²) in [4.78, 5) is 15.9. The number of benzene rings is 2. The lowest BCUT2D eigenvalue weighted by atomic mass is 10.1. The Morgan fingerprint density at radius 2 is 1.90 bits per heavy atom. The summed E-state index contributed by atoms with van der Waals surface area (Å²) in [6.07, 6.45) is -4.40. The van der Waals surface area contributed by atoms with Gasteiger partial charge in [-0.1, -0.05) is 12.1 Å². The topological polar surface area (TPSA) is 51.2 Å². The Hall–Kier alpha value is -2.94. The molecule has 0 saturated heterocycles. The minimum absolute atomic E-state index is 0.00445. The first-order valence-corrected chi connectivity index (χ1v) is 9.48. The molecule has 3 rings (SSSR count). The Balaban J connectivity index is 1.67. The Morgan fingerprint density at radius 1 is 1.17 bits per heavy atom. The lowest BCUT2D eigenvalue weighted by Gasteiger charge is -2.10. The fourth-order valence-corrected chi connectivity index (χ4v) is 3.30. The van der Waals surface area contributed by atoms with Gasteiger partial charge in [0.25, 0.3) is 5.91 Å². The van der Waals surface area contributed by atoms with Crippen LogP contribution in [-0.4, -0.2) is 17.4 Å². The van der Waals surface area contributed by atoms with Crippen LogP contribution in [0.4, 0.5) is 17.6 Å². The van der Waals surface area contributed by atoms with Crippen LogP contribution in [-0.2, 0) is 12.8 Å². The van der Waals surface area contributed by atoms with E-state index < -0.39 is 17.6 Å². The molecule has 1 aromatic heterocycles. The molecule has 4 nitrogen and oxygen atoms in total. The van der Waals surface area contributed by atoms with E-state index in [1.807, 2.05) is 0 Å². The van der Waals surface area contributed by atoms with E-state index in [4.69, 9.17) is 4.74 Å². The summed E-state index contributed by atoms with van der Waals surface area (Å²) >= 11 is 1.15. The molecule has 9 heteroatoms. The first-order chi connectivity index (χ1) is 13.8. The average molecular weight is 424 g/mol. The smallest absolute Gasteiger partial charge is 0.416 e. The summed E-state index contributed by atoms with van der Waals surface area (Å²) in [5, 5.41) is 4.53. The molecule has 1 amide bonds. The van der Waals surface area contributed by atoms with Crippen molar-refractivity contribution in [1.82, 2.24) is 10.3 Å². The van der Waals surface area contributed by atoms with Crippen LogP contribution in [0.1, 0.15) is 28.5 Å². The molecule has 0 radical (unpaired) electrons. The maximum absolute atomic E-state index is 14.5. The molecule has 29 heavy (non-hydrogen) atoms. The number of hydrogen-bond donors (Lipinski definition) is 1. The number of aromatic nitrogens is 1. The molecule has 0 unspecified atom stereocenters. The van der Waals surface area contributed by atoms with Gasteiger partial charge in [-0.15, -0.1) is 11.3 Å². The molecule has 0 fully saturated rings. The van der Waals surface area contributed by atoms with Crippen LogP contribution < -0.4 is 10.1 Å². The number of carbonyl (C=O) groups excluding carboxylic acids is 1. The van der Waals surface area contributed by atoms with Crippen molar-refractivity contribution in [1.29, 1.82) is 0 Å². The van der Waals surface area contributed by atoms with Crippen molar-refractivity contribution in [3.05, 3.63) is 70.5 Å².